The molecule has 2 aliphatic rings. The van der Waals surface area contributed by atoms with E-state index in [4.69, 9.17) is 0 Å². The predicted octanol–water partition coefficient (Wildman–Crippen LogP) is 3.24. The number of rotatable bonds is 8. The lowest BCUT2D eigenvalue weighted by atomic mass is 9.85. The van der Waals surface area contributed by atoms with Crippen LogP contribution in [0.4, 0.5) is 8.78 Å². The Hall–Kier alpha value is -2.92. The van der Waals surface area contributed by atoms with Gasteiger partial charge in [-0.15, -0.1) is 11.3 Å². The van der Waals surface area contributed by atoms with Gasteiger partial charge in [0.2, 0.25) is 11.8 Å². The smallest absolute Gasteiger partial charge is 0.258 e. The maximum Gasteiger partial charge on any atom is 0.258 e. The molecule has 0 spiro atoms. The number of nitrogens with zero attached hydrogens (tertiary/aromatic N) is 2. The van der Waals surface area contributed by atoms with E-state index in [9.17, 15) is 23.9 Å². The Bertz CT molecular complexity index is 1260. The third kappa shape index (κ3) is 5.99. The van der Waals surface area contributed by atoms with Gasteiger partial charge in [0.25, 0.3) is 5.91 Å². The fraction of sp³-hybridized carbons (Fsp3) is 0.571. The molecule has 212 valence electrons. The highest BCUT2D eigenvalue weighted by Gasteiger charge is 2.54. The minimum atomic E-state index is -2.01. The number of hydrogen-bond donors (Lipinski definition) is 3. The molecule has 1 aliphatic heterocycles. The summed E-state index contributed by atoms with van der Waals surface area (Å²) in [5.74, 6) is -2.38. The van der Waals surface area contributed by atoms with E-state index in [1.54, 1.807) is 37.6 Å². The summed E-state index contributed by atoms with van der Waals surface area (Å²) in [5.41, 5.74) is 2.75. The molecule has 1 aromatic carbocycles. The highest BCUT2D eigenvalue weighted by Crippen LogP contribution is 2.40. The van der Waals surface area contributed by atoms with E-state index in [0.717, 1.165) is 32.2 Å². The lowest BCUT2D eigenvalue weighted by molar-refractivity contribution is -0.145. The second kappa shape index (κ2) is 10.9. The minimum absolute atomic E-state index is 0.0778. The molecule has 4 rings (SSSR count). The van der Waals surface area contributed by atoms with Gasteiger partial charge < -0.3 is 20.6 Å². The maximum absolute atomic E-state index is 15.1. The van der Waals surface area contributed by atoms with Crippen molar-refractivity contribution in [3.05, 3.63) is 40.5 Å². The molecular formula is C28H36F2N4O4S. The van der Waals surface area contributed by atoms with Crippen LogP contribution in [0.2, 0.25) is 0 Å². The van der Waals surface area contributed by atoms with Crippen molar-refractivity contribution in [1.29, 1.82) is 0 Å². The zero-order valence-corrected chi connectivity index (χ0v) is 23.7. The zero-order valence-electron chi connectivity index (χ0n) is 22.9. The van der Waals surface area contributed by atoms with Gasteiger partial charge in [0, 0.05) is 6.54 Å². The number of carbonyl (C=O) groups is 3. The first kappa shape index (κ1) is 29.1. The number of alkyl halides is 2. The van der Waals surface area contributed by atoms with Crippen LogP contribution in [0.1, 0.15) is 57.4 Å². The van der Waals surface area contributed by atoms with Crippen LogP contribution in [0.25, 0.3) is 10.4 Å². The summed E-state index contributed by atoms with van der Waals surface area (Å²) >= 11 is 1.55. The molecule has 2 fully saturated rings. The Balaban J connectivity index is 1.50. The van der Waals surface area contributed by atoms with Crippen LogP contribution in [-0.4, -0.2) is 69.3 Å². The van der Waals surface area contributed by atoms with Crippen LogP contribution in [0.5, 0.6) is 0 Å². The third-order valence-corrected chi connectivity index (χ3v) is 8.45. The topological polar surface area (TPSA) is 112 Å². The average Bonchev–Trinajstić information content (AvgIpc) is 3.38. The Morgan fingerprint density at radius 2 is 1.95 bits per heavy atom. The van der Waals surface area contributed by atoms with E-state index in [0.29, 0.717) is 6.42 Å². The summed E-state index contributed by atoms with van der Waals surface area (Å²) in [6.45, 7) is 8.70. The van der Waals surface area contributed by atoms with E-state index < -0.39 is 59.7 Å². The summed E-state index contributed by atoms with van der Waals surface area (Å²) in [7, 11) is 0. The van der Waals surface area contributed by atoms with Gasteiger partial charge in [0.05, 0.1) is 22.6 Å². The third-order valence-electron chi connectivity index (χ3n) is 7.47. The molecule has 4 atom stereocenters. The number of aliphatic hydroxyl groups excluding tert-OH is 1. The number of halogens is 2. The zero-order chi connectivity index (χ0) is 28.7. The van der Waals surface area contributed by atoms with Gasteiger partial charge in [-0.1, -0.05) is 39.8 Å². The number of carbonyl (C=O) groups excluding carboxylic acids is 3. The molecule has 3 amide bonds. The number of nitrogens with one attached hydrogen (secondary N) is 2. The van der Waals surface area contributed by atoms with Crippen molar-refractivity contribution in [1.82, 2.24) is 20.5 Å². The molecule has 8 nitrogen and oxygen atoms in total. The van der Waals surface area contributed by atoms with Gasteiger partial charge in [0.1, 0.15) is 18.2 Å². The Labute approximate surface area is 231 Å². The number of aryl methyl sites for hydroxylation is 2. The Morgan fingerprint density at radius 3 is 2.51 bits per heavy atom. The first-order valence-electron chi connectivity index (χ1n) is 13.2. The first-order chi connectivity index (χ1) is 18.3. The molecule has 1 saturated carbocycles. The number of benzene rings is 1. The normalized spacial score (nSPS) is 22.9. The van der Waals surface area contributed by atoms with Crippen molar-refractivity contribution in [2.24, 2.45) is 5.41 Å². The second-order valence-corrected chi connectivity index (χ2v) is 12.4. The molecule has 1 aliphatic carbocycles. The number of hydrogen-bond acceptors (Lipinski definition) is 6. The summed E-state index contributed by atoms with van der Waals surface area (Å²) in [6, 6.07) is 3.10. The first-order valence-corrected chi connectivity index (χ1v) is 14.1. The van der Waals surface area contributed by atoms with E-state index in [-0.39, 0.29) is 19.4 Å². The molecule has 2 aromatic rings. The van der Waals surface area contributed by atoms with E-state index in [1.165, 1.54) is 0 Å². The van der Waals surface area contributed by atoms with Crippen LogP contribution in [0, 0.1) is 12.3 Å². The van der Waals surface area contributed by atoms with Gasteiger partial charge >= 0.3 is 0 Å². The monoisotopic (exact) mass is 562 g/mol. The number of likely N-dealkylation sites (tertiary alicyclic amines) is 1. The van der Waals surface area contributed by atoms with Crippen molar-refractivity contribution in [3.8, 4) is 10.4 Å². The molecule has 39 heavy (non-hydrogen) atoms. The number of β-amino-alcohol motifs (C(OH)–C–C–N with tert-alkyl or cyclic N) is 1. The lowest BCUT2D eigenvalue weighted by Gasteiger charge is -2.35. The lowest BCUT2D eigenvalue weighted by Crippen LogP contribution is -2.59. The van der Waals surface area contributed by atoms with Crippen LogP contribution in [0.15, 0.2) is 23.7 Å². The van der Waals surface area contributed by atoms with E-state index in [1.807, 2.05) is 32.0 Å². The Kier molecular flexibility index (Phi) is 8.14. The van der Waals surface area contributed by atoms with Crippen molar-refractivity contribution in [2.45, 2.75) is 90.5 Å². The molecule has 1 saturated heterocycles. The molecule has 2 heterocycles. The fourth-order valence-electron chi connectivity index (χ4n) is 4.86. The summed E-state index contributed by atoms with van der Waals surface area (Å²) in [4.78, 5) is 45.6. The number of aliphatic hydroxyl groups is 1. The van der Waals surface area contributed by atoms with Crippen molar-refractivity contribution >= 4 is 29.1 Å². The summed E-state index contributed by atoms with van der Waals surface area (Å²) < 4.78 is 29.5. The average molecular weight is 563 g/mol. The molecule has 1 aromatic heterocycles. The van der Waals surface area contributed by atoms with Crippen molar-refractivity contribution < 1.29 is 28.3 Å². The standard InChI is InChI=1S/C28H36F2N4O4S/c1-6-16-11-17(22-15(2)32-14-39-22)7-8-18(16)12-31-24(36)21-20(29)19(35)13-34(21)25(37)23(27(3,4)5)33-26(38)28(30)9-10-28/h7-8,11,14,19-21,23,35H,6,9-10,12-13H2,1-5H3,(H,31,36)(H,33,38)/t19-,20-,21-,23+/m0/s1. The van der Waals surface area contributed by atoms with Gasteiger partial charge in [-0.05, 0) is 54.4 Å². The number of aromatic nitrogens is 1. The molecule has 0 radical (unpaired) electrons. The molecule has 3 N–H and O–H groups in total. The van der Waals surface area contributed by atoms with Gasteiger partial charge in [-0.25, -0.2) is 13.8 Å². The van der Waals surface area contributed by atoms with E-state index >= 15 is 4.39 Å². The molecule has 0 bridgehead atoms. The highest BCUT2D eigenvalue weighted by molar-refractivity contribution is 7.13. The van der Waals surface area contributed by atoms with Crippen molar-refractivity contribution in [2.75, 3.05) is 6.54 Å². The predicted molar refractivity (Wildman–Crippen MR) is 144 cm³/mol. The largest absolute Gasteiger partial charge is 0.388 e. The van der Waals surface area contributed by atoms with Gasteiger partial charge in [0.15, 0.2) is 11.8 Å². The minimum Gasteiger partial charge on any atom is -0.388 e. The molecule has 0 unspecified atom stereocenters. The van der Waals surface area contributed by atoms with Crippen LogP contribution < -0.4 is 10.6 Å². The molecule has 11 heteroatoms. The quantitative estimate of drug-likeness (QED) is 0.458. The highest BCUT2D eigenvalue weighted by atomic mass is 32.1. The number of amides is 3. The summed E-state index contributed by atoms with van der Waals surface area (Å²) in [5, 5.41) is 15.5. The van der Waals surface area contributed by atoms with Crippen LogP contribution in [0.3, 0.4) is 0 Å². The van der Waals surface area contributed by atoms with Crippen LogP contribution in [-0.2, 0) is 27.3 Å². The molecular weight excluding hydrogens is 526 g/mol. The maximum atomic E-state index is 15.1. The number of thiazole rings is 1. The van der Waals surface area contributed by atoms with Crippen LogP contribution >= 0.6 is 11.3 Å². The van der Waals surface area contributed by atoms with Crippen molar-refractivity contribution in [3.63, 3.8) is 0 Å². The van der Waals surface area contributed by atoms with Gasteiger partial charge in [-0.2, -0.15) is 0 Å². The Morgan fingerprint density at radius 1 is 1.26 bits per heavy atom. The second-order valence-electron chi connectivity index (χ2n) is 11.5. The summed E-state index contributed by atoms with van der Waals surface area (Å²) in [6.07, 6.45) is -2.71. The fourth-order valence-corrected chi connectivity index (χ4v) is 5.66. The SMILES string of the molecule is CCc1cc(-c2scnc2C)ccc1CNC(=O)[C@@H]1[C@@H](F)[C@@H](O)CN1C(=O)[C@@H](NC(=O)C1(F)CC1)C(C)(C)C. The van der Waals surface area contributed by atoms with E-state index in [2.05, 4.69) is 15.6 Å². The van der Waals surface area contributed by atoms with Gasteiger partial charge in [-0.3, -0.25) is 14.4 Å².